The second kappa shape index (κ2) is 9.27. The number of benzene rings is 2. The van der Waals surface area contributed by atoms with Gasteiger partial charge in [-0.15, -0.1) is 11.3 Å². The summed E-state index contributed by atoms with van der Waals surface area (Å²) in [6.45, 7) is 0. The number of ketones is 1. The van der Waals surface area contributed by atoms with Gasteiger partial charge in [0.1, 0.15) is 5.69 Å². The molecule has 31 heavy (non-hydrogen) atoms. The lowest BCUT2D eigenvalue weighted by molar-refractivity contribution is 0.0900. The van der Waals surface area contributed by atoms with Crippen molar-refractivity contribution in [2.24, 2.45) is 5.92 Å². The van der Waals surface area contributed by atoms with Crippen molar-refractivity contribution in [3.05, 3.63) is 74.2 Å². The highest BCUT2D eigenvalue weighted by molar-refractivity contribution is 7.14. The average molecular weight is 496 g/mol. The zero-order chi connectivity index (χ0) is 22.1. The quantitative estimate of drug-likeness (QED) is 0.414. The number of Topliss-reactive ketones (excluding diaryl/α,β-unsaturated/α-hetero) is 1. The summed E-state index contributed by atoms with van der Waals surface area (Å²) >= 11 is 19.4. The summed E-state index contributed by atoms with van der Waals surface area (Å²) in [5.74, 6) is -0.781. The molecule has 0 saturated heterocycles. The van der Waals surface area contributed by atoms with Gasteiger partial charge in [0.15, 0.2) is 10.9 Å². The molecule has 1 saturated carbocycles. The number of hydrogen-bond donors (Lipinski definition) is 1. The number of anilines is 2. The molecule has 2 aromatic carbocycles. The van der Waals surface area contributed by atoms with E-state index in [1.807, 2.05) is 0 Å². The molecule has 1 aromatic heterocycles. The van der Waals surface area contributed by atoms with Crippen molar-refractivity contribution in [2.45, 2.75) is 25.4 Å². The molecule has 1 heterocycles. The first-order valence-electron chi connectivity index (χ1n) is 9.56. The Morgan fingerprint density at radius 2 is 1.74 bits per heavy atom. The number of aromatic nitrogens is 1. The molecule has 1 aliphatic rings. The zero-order valence-electron chi connectivity index (χ0n) is 16.1. The molecule has 9 heteroatoms. The number of amides is 1. The van der Waals surface area contributed by atoms with E-state index in [1.54, 1.807) is 41.8 Å². The van der Waals surface area contributed by atoms with Gasteiger partial charge >= 0.3 is 0 Å². The highest BCUT2D eigenvalue weighted by Gasteiger charge is 2.32. The summed E-state index contributed by atoms with van der Waals surface area (Å²) in [7, 11) is 0. The van der Waals surface area contributed by atoms with Crippen LogP contribution in [0.3, 0.4) is 0 Å². The van der Waals surface area contributed by atoms with E-state index in [9.17, 15) is 14.7 Å². The van der Waals surface area contributed by atoms with Gasteiger partial charge < -0.3 is 5.11 Å². The molecule has 5 nitrogen and oxygen atoms in total. The Kier molecular flexibility index (Phi) is 6.65. The predicted octanol–water partition coefficient (Wildman–Crippen LogP) is 6.43. The van der Waals surface area contributed by atoms with Gasteiger partial charge in [-0.3, -0.25) is 14.5 Å². The lowest BCUT2D eigenvalue weighted by Gasteiger charge is -2.21. The monoisotopic (exact) mass is 494 g/mol. The van der Waals surface area contributed by atoms with Crippen molar-refractivity contribution >= 4 is 68.6 Å². The Morgan fingerprint density at radius 3 is 2.39 bits per heavy atom. The molecule has 4 rings (SSSR count). The van der Waals surface area contributed by atoms with Crippen LogP contribution in [0.4, 0.5) is 10.8 Å². The maximum atomic E-state index is 13.5. The smallest absolute Gasteiger partial charge is 0.266 e. The Balaban J connectivity index is 1.71. The van der Waals surface area contributed by atoms with Gasteiger partial charge in [-0.25, -0.2) is 4.98 Å². The van der Waals surface area contributed by atoms with Gasteiger partial charge in [-0.05, 0) is 61.7 Å². The van der Waals surface area contributed by atoms with Crippen LogP contribution < -0.4 is 4.90 Å². The fraction of sp³-hybridized carbons (Fsp3) is 0.227. The van der Waals surface area contributed by atoms with Gasteiger partial charge in [0, 0.05) is 21.3 Å². The third-order valence-electron chi connectivity index (χ3n) is 5.16. The molecule has 0 unspecified atom stereocenters. The van der Waals surface area contributed by atoms with Gasteiger partial charge in [0.2, 0.25) is 0 Å². The first-order chi connectivity index (χ1) is 14.8. The molecular weight excluding hydrogens is 479 g/mol. The van der Waals surface area contributed by atoms with Crippen LogP contribution in [0.25, 0.3) is 0 Å². The maximum Gasteiger partial charge on any atom is 0.266 e. The minimum absolute atomic E-state index is 0.118. The molecule has 0 aliphatic heterocycles. The van der Waals surface area contributed by atoms with Gasteiger partial charge in [0.05, 0.1) is 22.4 Å². The molecule has 0 spiro atoms. The number of halogens is 3. The molecule has 1 fully saturated rings. The largest absolute Gasteiger partial charge is 0.393 e. The lowest BCUT2D eigenvalue weighted by atomic mass is 10.0. The third-order valence-corrected chi connectivity index (χ3v) is 6.79. The van der Waals surface area contributed by atoms with Crippen molar-refractivity contribution in [3.63, 3.8) is 0 Å². The second-order valence-corrected chi connectivity index (χ2v) is 9.40. The number of aliphatic hydroxyl groups excluding tert-OH is 1. The summed E-state index contributed by atoms with van der Waals surface area (Å²) in [4.78, 5) is 32.1. The van der Waals surface area contributed by atoms with Crippen LogP contribution >= 0.6 is 46.1 Å². The standard InChI is InChI=1S/C22H17Cl3N2O3S/c23-13-2-5-15(6-3-13)27(21(30)17-8-4-14(24)10-18(17)25)22-26-19(11-31-22)20(29)12-1-7-16(28)9-12/h2-6,8,10-12,16,28H,1,7,9H2/t12-,16-/m1/s1. The van der Waals surface area contributed by atoms with E-state index in [4.69, 9.17) is 34.8 Å². The number of rotatable bonds is 5. The second-order valence-electron chi connectivity index (χ2n) is 7.28. The van der Waals surface area contributed by atoms with E-state index in [0.29, 0.717) is 40.1 Å². The molecule has 1 amide bonds. The third kappa shape index (κ3) is 4.78. The first-order valence-corrected chi connectivity index (χ1v) is 11.6. The van der Waals surface area contributed by atoms with Crippen LogP contribution in [0.2, 0.25) is 15.1 Å². The van der Waals surface area contributed by atoms with Crippen LogP contribution in [-0.2, 0) is 0 Å². The van der Waals surface area contributed by atoms with E-state index in [0.717, 1.165) is 0 Å². The van der Waals surface area contributed by atoms with Crippen molar-refractivity contribution in [2.75, 3.05) is 4.90 Å². The maximum absolute atomic E-state index is 13.5. The summed E-state index contributed by atoms with van der Waals surface area (Å²) in [6.07, 6.45) is 1.22. The van der Waals surface area contributed by atoms with E-state index >= 15 is 0 Å². The van der Waals surface area contributed by atoms with E-state index in [2.05, 4.69) is 4.98 Å². The van der Waals surface area contributed by atoms with Gasteiger partial charge in [0.25, 0.3) is 5.91 Å². The molecule has 1 N–H and O–H groups in total. The van der Waals surface area contributed by atoms with Gasteiger partial charge in [-0.1, -0.05) is 34.8 Å². The van der Waals surface area contributed by atoms with Crippen LogP contribution in [0.15, 0.2) is 47.8 Å². The highest BCUT2D eigenvalue weighted by atomic mass is 35.5. The van der Waals surface area contributed by atoms with Crippen LogP contribution in [-0.4, -0.2) is 27.9 Å². The number of nitrogens with zero attached hydrogens (tertiary/aromatic N) is 2. The predicted molar refractivity (Wildman–Crippen MR) is 124 cm³/mol. The van der Waals surface area contributed by atoms with E-state index in [-0.39, 0.29) is 28.0 Å². The SMILES string of the molecule is O=C(c1csc(N(C(=O)c2ccc(Cl)cc2Cl)c2ccc(Cl)cc2)n1)[C@@H]1CC[C@@H](O)C1. The molecule has 0 radical (unpaired) electrons. The molecule has 1 aliphatic carbocycles. The summed E-state index contributed by atoms with van der Waals surface area (Å²) < 4.78 is 0. The van der Waals surface area contributed by atoms with Gasteiger partial charge in [-0.2, -0.15) is 0 Å². The van der Waals surface area contributed by atoms with Crippen molar-refractivity contribution in [3.8, 4) is 0 Å². The summed E-state index contributed by atoms with van der Waals surface area (Å²) in [6, 6.07) is 11.4. The Morgan fingerprint density at radius 1 is 1.03 bits per heavy atom. The van der Waals surface area contributed by atoms with E-state index in [1.165, 1.54) is 22.3 Å². The van der Waals surface area contributed by atoms with Crippen molar-refractivity contribution in [1.82, 2.24) is 4.98 Å². The normalized spacial score (nSPS) is 18.2. The number of hydrogen-bond acceptors (Lipinski definition) is 5. The van der Waals surface area contributed by atoms with Crippen LogP contribution in [0.1, 0.15) is 40.1 Å². The Bertz CT molecular complexity index is 1130. The molecular formula is C22H17Cl3N2O3S. The van der Waals surface area contributed by atoms with Crippen molar-refractivity contribution in [1.29, 1.82) is 0 Å². The fourth-order valence-corrected chi connectivity index (χ4v) is 5.02. The summed E-state index contributed by atoms with van der Waals surface area (Å²) in [5, 5.41) is 12.9. The van der Waals surface area contributed by atoms with Crippen LogP contribution in [0, 0.1) is 5.92 Å². The molecule has 0 bridgehead atoms. The molecule has 160 valence electrons. The Hall–Kier alpha value is -1.96. The lowest BCUT2D eigenvalue weighted by Crippen LogP contribution is -2.26. The average Bonchev–Trinajstić information content (AvgIpc) is 3.38. The number of carbonyl (C=O) groups is 2. The highest BCUT2D eigenvalue weighted by Crippen LogP contribution is 2.35. The minimum atomic E-state index is -0.453. The topological polar surface area (TPSA) is 70.5 Å². The molecule has 2 atom stereocenters. The zero-order valence-corrected chi connectivity index (χ0v) is 19.2. The van der Waals surface area contributed by atoms with Crippen LogP contribution in [0.5, 0.6) is 0 Å². The molecule has 3 aromatic rings. The minimum Gasteiger partial charge on any atom is -0.393 e. The van der Waals surface area contributed by atoms with Crippen molar-refractivity contribution < 1.29 is 14.7 Å². The summed E-state index contributed by atoms with van der Waals surface area (Å²) in [5.41, 5.74) is 1.07. The number of thiazole rings is 1. The number of aliphatic hydroxyl groups is 1. The number of carbonyl (C=O) groups excluding carboxylic acids is 2. The van der Waals surface area contributed by atoms with E-state index < -0.39 is 12.0 Å². The Labute approximate surface area is 198 Å². The first kappa shape index (κ1) is 22.2. The fourth-order valence-electron chi connectivity index (χ4n) is 3.57.